The van der Waals surface area contributed by atoms with Gasteiger partial charge in [0.15, 0.2) is 0 Å². The maximum absolute atomic E-state index is 3.55. The molecule has 100 valence electrons. The summed E-state index contributed by atoms with van der Waals surface area (Å²) in [6, 6.07) is 9.36. The Bertz CT molecular complexity index is 364. The summed E-state index contributed by atoms with van der Waals surface area (Å²) in [6.45, 7) is 11.6. The molecule has 1 fully saturated rings. The summed E-state index contributed by atoms with van der Waals surface area (Å²) in [6.07, 6.45) is 1.28. The fourth-order valence-electron chi connectivity index (χ4n) is 3.12. The van der Waals surface area contributed by atoms with E-state index in [4.69, 9.17) is 0 Å². The molecule has 1 aliphatic rings. The molecule has 0 amide bonds. The monoisotopic (exact) mass is 245 g/mol. The normalized spacial score (nSPS) is 24.8. The van der Waals surface area contributed by atoms with Gasteiger partial charge < -0.3 is 5.32 Å². The standard InChI is InChI=1S/C17H27N/c1-12(2)14-5-7-15(8-6-14)16-9-10-18-11-17(16)13(3)4/h5-8,12-13,16-18H,9-11H2,1-4H3. The van der Waals surface area contributed by atoms with E-state index in [1.807, 2.05) is 0 Å². The first kappa shape index (κ1) is 13.6. The molecule has 1 N–H and O–H groups in total. The van der Waals surface area contributed by atoms with Crippen molar-refractivity contribution in [2.45, 2.75) is 46.0 Å². The predicted octanol–water partition coefficient (Wildman–Crippen LogP) is 4.16. The maximum atomic E-state index is 3.55. The van der Waals surface area contributed by atoms with E-state index in [1.54, 1.807) is 5.56 Å². The Morgan fingerprint density at radius 3 is 2.28 bits per heavy atom. The van der Waals surface area contributed by atoms with Crippen LogP contribution in [0.4, 0.5) is 0 Å². The van der Waals surface area contributed by atoms with E-state index < -0.39 is 0 Å². The van der Waals surface area contributed by atoms with Crippen molar-refractivity contribution in [3.05, 3.63) is 35.4 Å². The van der Waals surface area contributed by atoms with Crippen LogP contribution in [-0.2, 0) is 0 Å². The Labute approximate surface area is 112 Å². The van der Waals surface area contributed by atoms with Crippen LogP contribution in [0.15, 0.2) is 24.3 Å². The Balaban J connectivity index is 2.18. The Hall–Kier alpha value is -0.820. The van der Waals surface area contributed by atoms with Crippen LogP contribution in [0.5, 0.6) is 0 Å². The molecule has 1 nitrogen and oxygen atoms in total. The van der Waals surface area contributed by atoms with Crippen molar-refractivity contribution in [2.75, 3.05) is 13.1 Å². The van der Waals surface area contributed by atoms with Crippen LogP contribution in [0.2, 0.25) is 0 Å². The lowest BCUT2D eigenvalue weighted by Crippen LogP contribution is -2.38. The summed E-state index contributed by atoms with van der Waals surface area (Å²) in [5.41, 5.74) is 2.99. The lowest BCUT2D eigenvalue weighted by Gasteiger charge is -2.35. The van der Waals surface area contributed by atoms with Gasteiger partial charge in [-0.3, -0.25) is 0 Å². The zero-order valence-corrected chi connectivity index (χ0v) is 12.2. The second-order valence-corrected chi connectivity index (χ2v) is 6.33. The number of hydrogen-bond acceptors (Lipinski definition) is 1. The summed E-state index contributed by atoms with van der Waals surface area (Å²) in [7, 11) is 0. The highest BCUT2D eigenvalue weighted by atomic mass is 14.9. The summed E-state index contributed by atoms with van der Waals surface area (Å²) >= 11 is 0. The van der Waals surface area contributed by atoms with E-state index in [-0.39, 0.29) is 0 Å². The number of piperidine rings is 1. The predicted molar refractivity (Wildman–Crippen MR) is 79.1 cm³/mol. The van der Waals surface area contributed by atoms with E-state index in [2.05, 4.69) is 57.3 Å². The van der Waals surface area contributed by atoms with Gasteiger partial charge in [-0.15, -0.1) is 0 Å². The zero-order valence-electron chi connectivity index (χ0n) is 12.2. The molecule has 0 saturated carbocycles. The SMILES string of the molecule is CC(C)c1ccc(C2CCNCC2C(C)C)cc1. The molecule has 2 unspecified atom stereocenters. The van der Waals surface area contributed by atoms with Crippen molar-refractivity contribution < 1.29 is 0 Å². The third kappa shape index (κ3) is 2.95. The molecule has 2 atom stereocenters. The molecule has 1 heterocycles. The molecule has 18 heavy (non-hydrogen) atoms. The fraction of sp³-hybridized carbons (Fsp3) is 0.647. The van der Waals surface area contributed by atoms with Crippen LogP contribution in [-0.4, -0.2) is 13.1 Å². The van der Waals surface area contributed by atoms with Crippen LogP contribution in [0.1, 0.15) is 57.1 Å². The molecule has 2 rings (SSSR count). The number of hydrogen-bond donors (Lipinski definition) is 1. The van der Waals surface area contributed by atoms with Crippen LogP contribution >= 0.6 is 0 Å². The minimum absolute atomic E-state index is 0.632. The molecule has 1 aromatic carbocycles. The smallest absolute Gasteiger partial charge is 0.00122 e. The van der Waals surface area contributed by atoms with E-state index in [9.17, 15) is 0 Å². The molecule has 0 bridgehead atoms. The van der Waals surface area contributed by atoms with Gasteiger partial charge in [0.05, 0.1) is 0 Å². The third-order valence-electron chi connectivity index (χ3n) is 4.42. The Morgan fingerprint density at radius 1 is 1.06 bits per heavy atom. The molecule has 0 spiro atoms. The van der Waals surface area contributed by atoms with Gasteiger partial charge in [0, 0.05) is 0 Å². The largest absolute Gasteiger partial charge is 0.316 e. The van der Waals surface area contributed by atoms with Crippen molar-refractivity contribution in [1.82, 2.24) is 5.32 Å². The molecule has 0 aliphatic carbocycles. The minimum Gasteiger partial charge on any atom is -0.316 e. The first-order valence-electron chi connectivity index (χ1n) is 7.40. The highest BCUT2D eigenvalue weighted by Gasteiger charge is 2.28. The van der Waals surface area contributed by atoms with Gasteiger partial charge in [0.1, 0.15) is 0 Å². The minimum atomic E-state index is 0.632. The average molecular weight is 245 g/mol. The molecule has 0 radical (unpaired) electrons. The van der Waals surface area contributed by atoms with Crippen LogP contribution in [0.25, 0.3) is 0 Å². The van der Waals surface area contributed by atoms with E-state index >= 15 is 0 Å². The third-order valence-corrected chi connectivity index (χ3v) is 4.42. The van der Waals surface area contributed by atoms with E-state index in [0.717, 1.165) is 17.8 Å². The van der Waals surface area contributed by atoms with Crippen LogP contribution in [0, 0.1) is 11.8 Å². The van der Waals surface area contributed by atoms with E-state index in [0.29, 0.717) is 5.92 Å². The topological polar surface area (TPSA) is 12.0 Å². The van der Waals surface area contributed by atoms with Crippen LogP contribution in [0.3, 0.4) is 0 Å². The second kappa shape index (κ2) is 5.88. The molecule has 1 aromatic rings. The lowest BCUT2D eigenvalue weighted by molar-refractivity contribution is 0.255. The lowest BCUT2D eigenvalue weighted by atomic mass is 9.75. The quantitative estimate of drug-likeness (QED) is 0.843. The van der Waals surface area contributed by atoms with Crippen molar-refractivity contribution in [1.29, 1.82) is 0 Å². The van der Waals surface area contributed by atoms with Crippen molar-refractivity contribution >= 4 is 0 Å². The molecular formula is C17H27N. The molecule has 1 aliphatic heterocycles. The number of benzene rings is 1. The van der Waals surface area contributed by atoms with Crippen molar-refractivity contribution in [3.63, 3.8) is 0 Å². The first-order chi connectivity index (χ1) is 8.59. The van der Waals surface area contributed by atoms with Gasteiger partial charge in [-0.1, -0.05) is 52.0 Å². The molecule has 1 heteroatoms. The van der Waals surface area contributed by atoms with Gasteiger partial charge in [-0.05, 0) is 54.3 Å². The second-order valence-electron chi connectivity index (χ2n) is 6.33. The van der Waals surface area contributed by atoms with Crippen molar-refractivity contribution in [2.24, 2.45) is 11.8 Å². The van der Waals surface area contributed by atoms with Gasteiger partial charge in [0.25, 0.3) is 0 Å². The Morgan fingerprint density at radius 2 is 1.72 bits per heavy atom. The van der Waals surface area contributed by atoms with Crippen LogP contribution < -0.4 is 5.32 Å². The molecule has 0 aromatic heterocycles. The number of nitrogens with one attached hydrogen (secondary N) is 1. The Kier molecular flexibility index (Phi) is 4.45. The average Bonchev–Trinajstić information content (AvgIpc) is 2.39. The highest BCUT2D eigenvalue weighted by Crippen LogP contribution is 2.35. The summed E-state index contributed by atoms with van der Waals surface area (Å²) in [4.78, 5) is 0. The van der Waals surface area contributed by atoms with Crippen molar-refractivity contribution in [3.8, 4) is 0 Å². The first-order valence-corrected chi connectivity index (χ1v) is 7.40. The summed E-state index contributed by atoms with van der Waals surface area (Å²) in [5, 5.41) is 3.55. The van der Waals surface area contributed by atoms with Gasteiger partial charge in [0.2, 0.25) is 0 Å². The summed E-state index contributed by atoms with van der Waals surface area (Å²) in [5.74, 6) is 2.91. The zero-order chi connectivity index (χ0) is 13.1. The molecular weight excluding hydrogens is 218 g/mol. The van der Waals surface area contributed by atoms with Gasteiger partial charge in [-0.2, -0.15) is 0 Å². The van der Waals surface area contributed by atoms with Gasteiger partial charge in [-0.25, -0.2) is 0 Å². The van der Waals surface area contributed by atoms with Gasteiger partial charge >= 0.3 is 0 Å². The summed E-state index contributed by atoms with van der Waals surface area (Å²) < 4.78 is 0. The van der Waals surface area contributed by atoms with E-state index in [1.165, 1.54) is 25.1 Å². The fourth-order valence-corrected chi connectivity index (χ4v) is 3.12. The maximum Gasteiger partial charge on any atom is -0.00122 e. The molecule has 1 saturated heterocycles. The number of rotatable bonds is 3. The highest BCUT2D eigenvalue weighted by molar-refractivity contribution is 5.28.